The van der Waals surface area contributed by atoms with E-state index in [4.69, 9.17) is 13.9 Å². The Morgan fingerprint density at radius 3 is 2.69 bits per heavy atom. The van der Waals surface area contributed by atoms with Crippen molar-refractivity contribution in [1.82, 2.24) is 9.80 Å². The highest BCUT2D eigenvalue weighted by atomic mass is 16.6. The number of benzene rings is 1. The number of piperidine rings is 1. The van der Waals surface area contributed by atoms with E-state index in [0.29, 0.717) is 49.9 Å². The molecule has 3 amide bonds. The van der Waals surface area contributed by atoms with Gasteiger partial charge in [-0.15, -0.1) is 0 Å². The molecule has 0 aliphatic carbocycles. The average molecular weight is 441 g/mol. The van der Waals surface area contributed by atoms with Crippen molar-refractivity contribution < 1.29 is 28.3 Å². The number of hydrogen-bond donors (Lipinski definition) is 1. The van der Waals surface area contributed by atoms with Crippen molar-refractivity contribution in [3.8, 4) is 11.5 Å². The van der Waals surface area contributed by atoms with Crippen LogP contribution in [0, 0.1) is 0 Å². The van der Waals surface area contributed by atoms with Gasteiger partial charge in [0, 0.05) is 24.8 Å². The van der Waals surface area contributed by atoms with Crippen molar-refractivity contribution in [2.24, 2.45) is 0 Å². The van der Waals surface area contributed by atoms with E-state index in [1.165, 1.54) is 11.2 Å². The van der Waals surface area contributed by atoms with Gasteiger partial charge in [-0.25, -0.2) is 0 Å². The fourth-order valence-corrected chi connectivity index (χ4v) is 4.02. The minimum Gasteiger partial charge on any atom is -0.486 e. The Hall–Kier alpha value is -3.49. The number of hydrogen-bond acceptors (Lipinski definition) is 6. The summed E-state index contributed by atoms with van der Waals surface area (Å²) in [5.74, 6) is 0.569. The number of rotatable bonds is 6. The third kappa shape index (κ3) is 4.71. The summed E-state index contributed by atoms with van der Waals surface area (Å²) < 4.78 is 16.3. The van der Waals surface area contributed by atoms with Crippen molar-refractivity contribution in [1.29, 1.82) is 0 Å². The molecule has 0 saturated carbocycles. The number of fused-ring (bicyclic) bond motifs is 1. The molecule has 170 valence electrons. The highest BCUT2D eigenvalue weighted by Crippen LogP contribution is 2.32. The van der Waals surface area contributed by atoms with Gasteiger partial charge in [-0.2, -0.15) is 0 Å². The van der Waals surface area contributed by atoms with Crippen molar-refractivity contribution in [2.45, 2.75) is 32.2 Å². The van der Waals surface area contributed by atoms with Crippen LogP contribution >= 0.6 is 0 Å². The first-order valence-electron chi connectivity index (χ1n) is 10.9. The molecule has 0 radical (unpaired) electrons. The highest BCUT2D eigenvalue weighted by Gasteiger charge is 2.36. The summed E-state index contributed by atoms with van der Waals surface area (Å²) >= 11 is 0. The van der Waals surface area contributed by atoms with Crippen molar-refractivity contribution in [3.05, 3.63) is 42.4 Å². The van der Waals surface area contributed by atoms with Crippen LogP contribution in [0.1, 0.15) is 36.7 Å². The van der Waals surface area contributed by atoms with Crippen LogP contribution in [0.4, 0.5) is 5.69 Å². The molecule has 1 unspecified atom stereocenters. The molecule has 32 heavy (non-hydrogen) atoms. The number of carbonyl (C=O) groups excluding carboxylic acids is 3. The van der Waals surface area contributed by atoms with Crippen LogP contribution in [0.15, 0.2) is 41.0 Å². The lowest BCUT2D eigenvalue weighted by Crippen LogP contribution is -2.54. The molecule has 2 aromatic rings. The normalized spacial score (nSPS) is 17.5. The monoisotopic (exact) mass is 441 g/mol. The Morgan fingerprint density at radius 1 is 1.12 bits per heavy atom. The van der Waals surface area contributed by atoms with Gasteiger partial charge in [-0.05, 0) is 50.5 Å². The summed E-state index contributed by atoms with van der Waals surface area (Å²) in [6.07, 6.45) is 3.67. The zero-order chi connectivity index (χ0) is 22.5. The van der Waals surface area contributed by atoms with Crippen LogP contribution < -0.4 is 14.8 Å². The summed E-state index contributed by atoms with van der Waals surface area (Å²) in [5, 5.41) is 2.81. The topological polar surface area (TPSA) is 101 Å². The fourth-order valence-electron chi connectivity index (χ4n) is 4.02. The SMILES string of the molecule is CCN(CC(=O)Nc1ccc2c(c1)OCCO2)C(=O)C1CCCCN1C(=O)c1ccco1. The zero-order valence-corrected chi connectivity index (χ0v) is 18.0. The minimum absolute atomic E-state index is 0.108. The lowest BCUT2D eigenvalue weighted by atomic mass is 10.00. The smallest absolute Gasteiger partial charge is 0.290 e. The van der Waals surface area contributed by atoms with E-state index >= 15 is 0 Å². The summed E-state index contributed by atoms with van der Waals surface area (Å²) in [4.78, 5) is 41.8. The van der Waals surface area contributed by atoms with Crippen LogP contribution in [0.5, 0.6) is 11.5 Å². The molecule has 1 saturated heterocycles. The lowest BCUT2D eigenvalue weighted by Gasteiger charge is -2.37. The Bertz CT molecular complexity index is 974. The van der Waals surface area contributed by atoms with E-state index in [1.807, 2.05) is 6.92 Å². The lowest BCUT2D eigenvalue weighted by molar-refractivity contribution is -0.139. The quantitative estimate of drug-likeness (QED) is 0.739. The summed E-state index contributed by atoms with van der Waals surface area (Å²) in [6.45, 7) is 3.49. The largest absolute Gasteiger partial charge is 0.486 e. The molecule has 0 spiro atoms. The second-order valence-electron chi connectivity index (χ2n) is 7.75. The summed E-state index contributed by atoms with van der Waals surface area (Å²) in [7, 11) is 0. The minimum atomic E-state index is -0.608. The molecular weight excluding hydrogens is 414 g/mol. The second-order valence-corrected chi connectivity index (χ2v) is 7.75. The maximum Gasteiger partial charge on any atom is 0.290 e. The molecule has 0 bridgehead atoms. The Kier molecular flexibility index (Phi) is 6.63. The Balaban J connectivity index is 1.41. The number of anilines is 1. The predicted molar refractivity (Wildman–Crippen MR) is 116 cm³/mol. The molecule has 1 N–H and O–H groups in total. The summed E-state index contributed by atoms with van der Waals surface area (Å²) in [6, 6.07) is 7.81. The van der Waals surface area contributed by atoms with Crippen LogP contribution in [0.3, 0.4) is 0 Å². The van der Waals surface area contributed by atoms with Crippen LogP contribution in [0.2, 0.25) is 0 Å². The van der Waals surface area contributed by atoms with Crippen molar-refractivity contribution >= 4 is 23.4 Å². The van der Waals surface area contributed by atoms with Gasteiger partial charge in [0.05, 0.1) is 12.8 Å². The van der Waals surface area contributed by atoms with Crippen molar-refractivity contribution in [3.63, 3.8) is 0 Å². The standard InChI is InChI=1S/C23H27N3O6/c1-2-25(15-21(27)24-16-8-9-18-20(14-16)32-13-12-31-18)22(28)17-6-3-4-10-26(17)23(29)19-7-5-11-30-19/h5,7-9,11,14,17H,2-4,6,10,12-13,15H2,1H3,(H,24,27). The number of amides is 3. The number of likely N-dealkylation sites (N-methyl/N-ethyl adjacent to an activating group) is 1. The van der Waals surface area contributed by atoms with Gasteiger partial charge in [-0.1, -0.05) is 0 Å². The fraction of sp³-hybridized carbons (Fsp3) is 0.435. The molecule has 3 heterocycles. The van der Waals surface area contributed by atoms with E-state index in [-0.39, 0.29) is 30.0 Å². The van der Waals surface area contributed by atoms with Crippen molar-refractivity contribution in [2.75, 3.05) is 38.2 Å². The molecule has 4 rings (SSSR count). The van der Waals surface area contributed by atoms with E-state index in [0.717, 1.165) is 12.8 Å². The van der Waals surface area contributed by atoms with Gasteiger partial charge in [-0.3, -0.25) is 14.4 Å². The molecular formula is C23H27N3O6. The Morgan fingerprint density at radius 2 is 1.94 bits per heavy atom. The molecule has 9 nitrogen and oxygen atoms in total. The maximum atomic E-state index is 13.3. The first kappa shape index (κ1) is 21.7. The van der Waals surface area contributed by atoms with E-state index in [1.54, 1.807) is 35.2 Å². The average Bonchev–Trinajstić information content (AvgIpc) is 3.36. The predicted octanol–water partition coefficient (Wildman–Crippen LogP) is 2.53. The number of nitrogens with zero attached hydrogens (tertiary/aromatic N) is 2. The van der Waals surface area contributed by atoms with Gasteiger partial charge >= 0.3 is 0 Å². The molecule has 2 aliphatic heterocycles. The van der Waals surface area contributed by atoms with Crippen LogP contribution in [-0.4, -0.2) is 66.4 Å². The van der Waals surface area contributed by atoms with E-state index in [9.17, 15) is 14.4 Å². The second kappa shape index (κ2) is 9.76. The number of carbonyl (C=O) groups is 3. The van der Waals surface area contributed by atoms with Gasteiger partial charge in [0.1, 0.15) is 19.3 Å². The molecule has 9 heteroatoms. The van der Waals surface area contributed by atoms with Gasteiger partial charge < -0.3 is 29.0 Å². The molecule has 1 atom stereocenters. The third-order valence-corrected chi connectivity index (χ3v) is 5.63. The zero-order valence-electron chi connectivity index (χ0n) is 18.0. The van der Waals surface area contributed by atoms with Gasteiger partial charge in [0.25, 0.3) is 5.91 Å². The van der Waals surface area contributed by atoms with Gasteiger partial charge in [0.2, 0.25) is 11.8 Å². The first-order valence-corrected chi connectivity index (χ1v) is 10.9. The number of furan rings is 1. The van der Waals surface area contributed by atoms with Crippen LogP contribution in [0.25, 0.3) is 0 Å². The summed E-state index contributed by atoms with van der Waals surface area (Å²) in [5.41, 5.74) is 0.565. The number of nitrogens with one attached hydrogen (secondary N) is 1. The van der Waals surface area contributed by atoms with E-state index in [2.05, 4.69) is 5.32 Å². The molecule has 1 fully saturated rings. The van der Waals surface area contributed by atoms with E-state index < -0.39 is 6.04 Å². The number of likely N-dealkylation sites (tertiary alicyclic amines) is 1. The first-order chi connectivity index (χ1) is 15.6. The molecule has 1 aromatic carbocycles. The van der Waals surface area contributed by atoms with Gasteiger partial charge in [0.15, 0.2) is 17.3 Å². The maximum absolute atomic E-state index is 13.3. The molecule has 2 aliphatic rings. The van der Waals surface area contributed by atoms with Crippen LogP contribution in [-0.2, 0) is 9.59 Å². The highest BCUT2D eigenvalue weighted by molar-refractivity contribution is 5.98. The Labute approximate surface area is 186 Å². The molecule has 1 aromatic heterocycles. The number of ether oxygens (including phenoxy) is 2. The third-order valence-electron chi connectivity index (χ3n) is 5.63.